The molecule has 1 saturated carbocycles. The lowest BCUT2D eigenvalue weighted by Gasteiger charge is -2.37. The number of nitrogens with two attached hydrogens (primary N) is 1. The molecule has 0 amide bonds. The summed E-state index contributed by atoms with van der Waals surface area (Å²) >= 11 is 0. The van der Waals surface area contributed by atoms with Crippen molar-refractivity contribution in [3.8, 4) is 0 Å². The van der Waals surface area contributed by atoms with Crippen LogP contribution in [-0.2, 0) is 11.3 Å². The number of anilines is 2. The molecule has 154 valence electrons. The van der Waals surface area contributed by atoms with Crippen molar-refractivity contribution in [3.05, 3.63) is 36.2 Å². The van der Waals surface area contributed by atoms with Gasteiger partial charge in [-0.3, -0.25) is 4.98 Å². The first-order chi connectivity index (χ1) is 12.7. The van der Waals surface area contributed by atoms with E-state index in [4.69, 9.17) is 15.5 Å². The van der Waals surface area contributed by atoms with Gasteiger partial charge in [0.15, 0.2) is 5.82 Å². The molecule has 4 rings (SSSR count). The van der Waals surface area contributed by atoms with Gasteiger partial charge in [-0.2, -0.15) is 0 Å². The van der Waals surface area contributed by atoms with Gasteiger partial charge < -0.3 is 20.3 Å². The molecule has 0 aromatic carbocycles. The Hall–Kier alpha value is -1.74. The number of hydrogen-bond donors (Lipinski definition) is 1. The number of piperazine rings is 1. The standard InChI is InChI=1S/C18H25N7O.2ClH/c1-26-12-16-22-15(13-8-14(19)9-13)10-17(23-16)24-4-6-25(7-5-24)18-11-20-2-3-21-18;;/h2-3,10-11,13-14H,4-9,12,19H2,1H3;2*1H. The summed E-state index contributed by atoms with van der Waals surface area (Å²) in [6.07, 6.45) is 7.26. The normalized spacial score (nSPS) is 21.4. The Kier molecular flexibility index (Phi) is 8.18. The van der Waals surface area contributed by atoms with Crippen molar-refractivity contribution >= 4 is 36.4 Å². The highest BCUT2D eigenvalue weighted by Crippen LogP contribution is 2.35. The molecule has 2 aromatic rings. The SMILES string of the molecule is COCc1nc(C2CC(N)C2)cc(N2CCN(c3cnccn3)CC2)n1.Cl.Cl. The zero-order chi connectivity index (χ0) is 17.9. The predicted molar refractivity (Wildman–Crippen MR) is 114 cm³/mol. The average Bonchev–Trinajstić information content (AvgIpc) is 2.66. The van der Waals surface area contributed by atoms with Crippen LogP contribution in [0.15, 0.2) is 24.7 Å². The number of aromatic nitrogens is 4. The van der Waals surface area contributed by atoms with Gasteiger partial charge in [-0.15, -0.1) is 24.8 Å². The number of methoxy groups -OCH3 is 1. The molecule has 2 aromatic heterocycles. The minimum atomic E-state index is 0. The zero-order valence-corrected chi connectivity index (χ0v) is 17.5. The van der Waals surface area contributed by atoms with Gasteiger partial charge >= 0.3 is 0 Å². The van der Waals surface area contributed by atoms with Gasteiger partial charge in [0.1, 0.15) is 18.2 Å². The van der Waals surface area contributed by atoms with E-state index in [0.29, 0.717) is 18.6 Å². The van der Waals surface area contributed by atoms with Crippen LogP contribution in [0.3, 0.4) is 0 Å². The topological polar surface area (TPSA) is 93.3 Å². The van der Waals surface area contributed by atoms with Crippen LogP contribution in [0.2, 0.25) is 0 Å². The fraction of sp³-hybridized carbons (Fsp3) is 0.556. The van der Waals surface area contributed by atoms with Crippen molar-refractivity contribution in [1.29, 1.82) is 0 Å². The molecule has 3 heterocycles. The maximum Gasteiger partial charge on any atom is 0.156 e. The maximum absolute atomic E-state index is 5.96. The third kappa shape index (κ3) is 5.00. The molecule has 1 aliphatic heterocycles. The second-order valence-corrected chi connectivity index (χ2v) is 6.97. The highest BCUT2D eigenvalue weighted by Gasteiger charge is 2.30. The van der Waals surface area contributed by atoms with E-state index in [9.17, 15) is 0 Å². The summed E-state index contributed by atoms with van der Waals surface area (Å²) in [7, 11) is 1.68. The number of nitrogens with zero attached hydrogens (tertiary/aromatic N) is 6. The molecule has 1 aliphatic carbocycles. The molecule has 10 heteroatoms. The molecule has 0 spiro atoms. The second-order valence-electron chi connectivity index (χ2n) is 6.97. The third-order valence-corrected chi connectivity index (χ3v) is 5.12. The van der Waals surface area contributed by atoms with Crippen LogP contribution in [0.25, 0.3) is 0 Å². The molecule has 28 heavy (non-hydrogen) atoms. The minimum Gasteiger partial charge on any atom is -0.377 e. The van der Waals surface area contributed by atoms with Crippen molar-refractivity contribution in [3.63, 3.8) is 0 Å². The fourth-order valence-electron chi connectivity index (χ4n) is 3.59. The van der Waals surface area contributed by atoms with Crippen molar-refractivity contribution in [2.45, 2.75) is 31.4 Å². The van der Waals surface area contributed by atoms with Crippen LogP contribution in [0, 0.1) is 0 Å². The first kappa shape index (κ1) is 22.5. The summed E-state index contributed by atoms with van der Waals surface area (Å²) in [5.74, 6) is 3.11. The van der Waals surface area contributed by atoms with Crippen LogP contribution in [-0.4, -0.2) is 59.3 Å². The summed E-state index contributed by atoms with van der Waals surface area (Å²) < 4.78 is 5.26. The maximum atomic E-state index is 5.96. The van der Waals surface area contributed by atoms with E-state index in [1.807, 2.05) is 6.20 Å². The molecule has 2 aliphatic rings. The number of hydrogen-bond acceptors (Lipinski definition) is 8. The van der Waals surface area contributed by atoms with Crippen LogP contribution in [0.5, 0.6) is 0 Å². The molecular formula is C18H27Cl2N7O. The average molecular weight is 428 g/mol. The molecule has 2 fully saturated rings. The van der Waals surface area contributed by atoms with Gasteiger partial charge in [0.2, 0.25) is 0 Å². The summed E-state index contributed by atoms with van der Waals surface area (Å²) in [6, 6.07) is 2.44. The quantitative estimate of drug-likeness (QED) is 0.771. The van der Waals surface area contributed by atoms with E-state index in [2.05, 4.69) is 30.8 Å². The Labute approximate surface area is 177 Å². The van der Waals surface area contributed by atoms with E-state index in [0.717, 1.165) is 62.2 Å². The fourth-order valence-corrected chi connectivity index (χ4v) is 3.59. The van der Waals surface area contributed by atoms with Gasteiger partial charge in [0.25, 0.3) is 0 Å². The largest absolute Gasteiger partial charge is 0.377 e. The Bertz CT molecular complexity index is 738. The molecule has 8 nitrogen and oxygen atoms in total. The van der Waals surface area contributed by atoms with E-state index < -0.39 is 0 Å². The lowest BCUT2D eigenvalue weighted by Crippen LogP contribution is -2.47. The van der Waals surface area contributed by atoms with Crippen LogP contribution >= 0.6 is 24.8 Å². The molecule has 0 bridgehead atoms. The lowest BCUT2D eigenvalue weighted by atomic mass is 9.78. The Morgan fingerprint density at radius 2 is 1.71 bits per heavy atom. The zero-order valence-electron chi connectivity index (χ0n) is 15.9. The summed E-state index contributed by atoms with van der Waals surface area (Å²) in [4.78, 5) is 22.5. The molecule has 0 atom stereocenters. The number of rotatable bonds is 5. The van der Waals surface area contributed by atoms with Crippen molar-refractivity contribution < 1.29 is 4.74 Å². The van der Waals surface area contributed by atoms with E-state index in [1.165, 1.54) is 0 Å². The lowest BCUT2D eigenvalue weighted by molar-refractivity contribution is 0.177. The Morgan fingerprint density at radius 1 is 1.04 bits per heavy atom. The molecule has 0 radical (unpaired) electrons. The molecule has 2 N–H and O–H groups in total. The summed E-state index contributed by atoms with van der Waals surface area (Å²) in [5, 5.41) is 0. The first-order valence-electron chi connectivity index (χ1n) is 9.11. The highest BCUT2D eigenvalue weighted by atomic mass is 35.5. The van der Waals surface area contributed by atoms with E-state index in [-0.39, 0.29) is 24.8 Å². The minimum absolute atomic E-state index is 0. The summed E-state index contributed by atoms with van der Waals surface area (Å²) in [5.41, 5.74) is 7.06. The first-order valence-corrected chi connectivity index (χ1v) is 9.11. The van der Waals surface area contributed by atoms with Crippen molar-refractivity contribution in [1.82, 2.24) is 19.9 Å². The number of ether oxygens (including phenoxy) is 1. The molecule has 1 saturated heterocycles. The van der Waals surface area contributed by atoms with Gasteiger partial charge in [0, 0.05) is 69.4 Å². The van der Waals surface area contributed by atoms with E-state index >= 15 is 0 Å². The van der Waals surface area contributed by atoms with Crippen molar-refractivity contribution in [2.24, 2.45) is 5.73 Å². The van der Waals surface area contributed by atoms with Crippen molar-refractivity contribution in [2.75, 3.05) is 43.1 Å². The molecular weight excluding hydrogens is 401 g/mol. The van der Waals surface area contributed by atoms with Crippen LogP contribution in [0.1, 0.15) is 30.3 Å². The third-order valence-electron chi connectivity index (χ3n) is 5.12. The Morgan fingerprint density at radius 3 is 2.29 bits per heavy atom. The van der Waals surface area contributed by atoms with Crippen LogP contribution < -0.4 is 15.5 Å². The van der Waals surface area contributed by atoms with Gasteiger partial charge in [-0.1, -0.05) is 0 Å². The van der Waals surface area contributed by atoms with Gasteiger partial charge in [0.05, 0.1) is 6.20 Å². The smallest absolute Gasteiger partial charge is 0.156 e. The highest BCUT2D eigenvalue weighted by molar-refractivity contribution is 5.85. The Balaban J connectivity index is 0.00000140. The monoisotopic (exact) mass is 427 g/mol. The number of halogens is 2. The second kappa shape index (κ2) is 10.2. The summed E-state index contributed by atoms with van der Waals surface area (Å²) in [6.45, 7) is 4.00. The van der Waals surface area contributed by atoms with Crippen LogP contribution in [0.4, 0.5) is 11.6 Å². The van der Waals surface area contributed by atoms with Gasteiger partial charge in [-0.05, 0) is 12.8 Å². The van der Waals surface area contributed by atoms with Gasteiger partial charge in [-0.25, -0.2) is 15.0 Å². The molecule has 0 unspecified atom stereocenters. The van der Waals surface area contributed by atoms with E-state index in [1.54, 1.807) is 19.5 Å². The predicted octanol–water partition coefficient (Wildman–Crippen LogP) is 1.79.